The number of benzene rings is 10. The van der Waals surface area contributed by atoms with Gasteiger partial charge in [-0.25, -0.2) is 0 Å². The summed E-state index contributed by atoms with van der Waals surface area (Å²) in [5.74, 6) is 0. The summed E-state index contributed by atoms with van der Waals surface area (Å²) in [6, 6.07) is 88.5. The van der Waals surface area contributed by atoms with E-state index in [2.05, 4.69) is 229 Å². The van der Waals surface area contributed by atoms with E-state index in [-0.39, 0.29) is 0 Å². The fourth-order valence-corrected chi connectivity index (χ4v) is 25.9. The normalized spacial score (nSPS) is 14.2. The summed E-state index contributed by atoms with van der Waals surface area (Å²) in [6.07, 6.45) is 0. The van der Waals surface area contributed by atoms with E-state index < -0.39 is 16.1 Å². The molecule has 0 saturated carbocycles. The fraction of sp³-hybridized carbons (Fsp3) is 0. The van der Waals surface area contributed by atoms with Crippen molar-refractivity contribution in [2.45, 2.75) is 9.79 Å². The minimum Gasteiger partial charge on any atom is -0.456 e. The largest absolute Gasteiger partial charge is 0.456 e. The Morgan fingerprint density at radius 1 is 0.288 bits per heavy atom. The van der Waals surface area contributed by atoms with Crippen molar-refractivity contribution in [2.24, 2.45) is 0 Å². The molecule has 310 valence electrons. The summed E-state index contributed by atoms with van der Waals surface area (Å²) in [6.45, 7) is 0. The number of para-hydroxylation sites is 2. The lowest BCUT2D eigenvalue weighted by atomic mass is 10.1. The van der Waals surface area contributed by atoms with Gasteiger partial charge in [-0.15, -0.1) is 0 Å². The van der Waals surface area contributed by atoms with Crippen LogP contribution in [-0.2, 0) is 0 Å². The Morgan fingerprint density at radius 2 is 0.682 bits per heavy atom. The molecule has 0 saturated heterocycles. The van der Waals surface area contributed by atoms with Crippen molar-refractivity contribution in [1.29, 1.82) is 0 Å². The van der Waals surface area contributed by atoms with Crippen LogP contribution >= 0.6 is 11.8 Å². The van der Waals surface area contributed by atoms with Crippen LogP contribution in [0.2, 0.25) is 0 Å². The maximum atomic E-state index is 6.61. The molecule has 3 nitrogen and oxygen atoms in total. The Bertz CT molecular complexity index is 3700. The minimum absolute atomic E-state index is 0.854. The van der Waals surface area contributed by atoms with Crippen LogP contribution in [0.5, 0.6) is 0 Å². The van der Waals surface area contributed by atoms with E-state index in [0.29, 0.717) is 0 Å². The van der Waals surface area contributed by atoms with Gasteiger partial charge in [-0.1, -0.05) is 176 Å². The highest BCUT2D eigenvalue weighted by Gasteiger charge is 2.58. The molecule has 0 atom stereocenters. The highest BCUT2D eigenvalue weighted by molar-refractivity contribution is 8.00. The van der Waals surface area contributed by atoms with Gasteiger partial charge in [-0.05, 0) is 102 Å². The molecule has 0 aliphatic carbocycles. The van der Waals surface area contributed by atoms with Gasteiger partial charge >= 0.3 is 0 Å². The molecule has 12 aromatic rings. The molecule has 14 rings (SSSR count). The molecule has 1 spiro atoms. The van der Waals surface area contributed by atoms with E-state index in [1.807, 2.05) is 23.9 Å². The van der Waals surface area contributed by atoms with Crippen molar-refractivity contribution in [3.63, 3.8) is 0 Å². The van der Waals surface area contributed by atoms with Gasteiger partial charge in [0, 0.05) is 60.5 Å². The second-order valence-electron chi connectivity index (χ2n) is 17.5. The van der Waals surface area contributed by atoms with Crippen LogP contribution in [0.1, 0.15) is 0 Å². The molecular formula is C60H39NO2SSi2. The van der Waals surface area contributed by atoms with Crippen LogP contribution in [0.25, 0.3) is 43.9 Å². The number of hydrogen-bond acceptors (Lipinski definition) is 4. The molecular weight excluding hydrogens is 855 g/mol. The summed E-state index contributed by atoms with van der Waals surface area (Å²) >= 11 is 1.92. The first kappa shape index (κ1) is 37.7. The Morgan fingerprint density at radius 3 is 1.23 bits per heavy atom. The maximum absolute atomic E-state index is 6.61. The third-order valence-corrected chi connectivity index (χ3v) is 26.1. The molecule has 0 fully saturated rings. The summed E-state index contributed by atoms with van der Waals surface area (Å²) in [4.78, 5) is 5.12. The summed E-state index contributed by atoms with van der Waals surface area (Å²) in [7, 11) is -6.04. The topological polar surface area (TPSA) is 29.5 Å². The van der Waals surface area contributed by atoms with Gasteiger partial charge in [0.05, 0.1) is 0 Å². The third-order valence-electron chi connectivity index (χ3n) is 14.3. The standard InChI is InChI=1S/C60H39NO2SSi2/c1-3-17-43(18-4-1)65(44-19-5-2-6-20-44)57-29-15-16-30-58(57)66(55-27-13-11-25-53(55)64-54-26-12-14-28-56(54)66)59-36-33-42(39-60(59)65)61(40-31-34-47-45-21-7-9-23-49(45)62-51(47)37-40)41-32-35-48-46-22-8-10-24-50(46)63-52(48)38-41/h1-39H. The van der Waals surface area contributed by atoms with Crippen LogP contribution in [0.15, 0.2) is 255 Å². The highest BCUT2D eigenvalue weighted by atomic mass is 32.2. The van der Waals surface area contributed by atoms with Gasteiger partial charge in [0.1, 0.15) is 22.3 Å². The molecule has 0 amide bonds. The molecule has 0 radical (unpaired) electrons. The molecule has 0 bridgehead atoms. The second kappa shape index (κ2) is 14.4. The monoisotopic (exact) mass is 893 g/mol. The Kier molecular flexibility index (Phi) is 8.26. The third kappa shape index (κ3) is 5.20. The number of furan rings is 2. The van der Waals surface area contributed by atoms with E-state index in [0.717, 1.165) is 60.9 Å². The first-order valence-electron chi connectivity index (χ1n) is 22.6. The Hall–Kier alpha value is -7.62. The Labute approximate surface area is 388 Å². The van der Waals surface area contributed by atoms with Crippen LogP contribution in [0.4, 0.5) is 17.1 Å². The lowest BCUT2D eigenvalue weighted by Crippen LogP contribution is -2.93. The van der Waals surface area contributed by atoms with Crippen molar-refractivity contribution in [2.75, 3.05) is 4.90 Å². The van der Waals surface area contributed by atoms with E-state index in [1.54, 1.807) is 0 Å². The zero-order valence-electron chi connectivity index (χ0n) is 35.7. The van der Waals surface area contributed by atoms with Crippen molar-refractivity contribution < 1.29 is 8.83 Å². The highest BCUT2D eigenvalue weighted by Crippen LogP contribution is 2.42. The molecule has 2 aromatic heterocycles. The molecule has 0 unspecified atom stereocenters. The zero-order valence-corrected chi connectivity index (χ0v) is 38.5. The van der Waals surface area contributed by atoms with Crippen molar-refractivity contribution >= 4 is 130 Å². The SMILES string of the molecule is c1ccc([Si]2(c3ccccc3)c3ccccc3[Si]3(c4ccccc4Sc4ccccc43)c3ccc(N(c4ccc5c(c4)oc4ccccc45)c4ccc5c(c4)oc4ccccc45)cc32)cc1. The van der Waals surface area contributed by atoms with Crippen molar-refractivity contribution in [1.82, 2.24) is 0 Å². The number of rotatable bonds is 5. The van der Waals surface area contributed by atoms with Crippen LogP contribution < -0.4 is 46.4 Å². The summed E-state index contributed by atoms with van der Waals surface area (Å²) in [5.41, 5.74) is 6.58. The summed E-state index contributed by atoms with van der Waals surface area (Å²) < 4.78 is 13.2. The lowest BCUT2D eigenvalue weighted by molar-refractivity contribution is 0.669. The molecule has 6 heteroatoms. The average Bonchev–Trinajstić information content (AvgIpc) is 3.95. The molecule has 0 N–H and O–H groups in total. The van der Waals surface area contributed by atoms with Crippen LogP contribution in [0, 0.1) is 0 Å². The lowest BCUT2D eigenvalue weighted by Gasteiger charge is -2.50. The first-order chi connectivity index (χ1) is 32.7. The molecule has 2 aliphatic heterocycles. The van der Waals surface area contributed by atoms with Crippen molar-refractivity contribution in [3.8, 4) is 0 Å². The van der Waals surface area contributed by atoms with E-state index in [4.69, 9.17) is 8.83 Å². The number of fused-ring (bicyclic) bond motifs is 14. The van der Waals surface area contributed by atoms with Crippen molar-refractivity contribution in [3.05, 3.63) is 237 Å². The number of anilines is 3. The average molecular weight is 894 g/mol. The van der Waals surface area contributed by atoms with Gasteiger partial charge in [-0.2, -0.15) is 0 Å². The predicted octanol–water partition coefficient (Wildman–Crippen LogP) is 10.5. The van der Waals surface area contributed by atoms with E-state index in [1.165, 1.54) is 51.3 Å². The quantitative estimate of drug-likeness (QED) is 0.161. The minimum atomic E-state index is -3.08. The van der Waals surface area contributed by atoms with Gasteiger partial charge in [0.2, 0.25) is 0 Å². The number of hydrogen-bond donors (Lipinski definition) is 0. The van der Waals surface area contributed by atoms with E-state index in [9.17, 15) is 0 Å². The Balaban J connectivity index is 1.12. The fourth-order valence-electron chi connectivity index (χ4n) is 11.6. The van der Waals surface area contributed by atoms with Crippen LogP contribution in [0.3, 0.4) is 0 Å². The first-order valence-corrected chi connectivity index (χ1v) is 27.4. The number of nitrogens with zero attached hydrogens (tertiary/aromatic N) is 1. The zero-order chi connectivity index (χ0) is 43.4. The predicted molar refractivity (Wildman–Crippen MR) is 281 cm³/mol. The molecule has 10 aromatic carbocycles. The van der Waals surface area contributed by atoms with E-state index >= 15 is 0 Å². The van der Waals surface area contributed by atoms with Gasteiger partial charge in [-0.3, -0.25) is 0 Å². The van der Waals surface area contributed by atoms with Gasteiger partial charge < -0.3 is 13.7 Å². The molecule has 4 heterocycles. The molecule has 66 heavy (non-hydrogen) atoms. The maximum Gasteiger partial charge on any atom is 0.181 e. The second-order valence-corrected chi connectivity index (χ2v) is 26.0. The molecule has 2 aliphatic rings. The smallest absolute Gasteiger partial charge is 0.181 e. The van der Waals surface area contributed by atoms with Gasteiger partial charge in [0.25, 0.3) is 0 Å². The van der Waals surface area contributed by atoms with Gasteiger partial charge in [0.15, 0.2) is 16.1 Å². The van der Waals surface area contributed by atoms with Crippen LogP contribution in [-0.4, -0.2) is 16.1 Å². The summed E-state index contributed by atoms with van der Waals surface area (Å²) in [5, 5.41) is 15.9.